The molecule has 2 N–H and O–H groups in total. The number of rotatable bonds is 10. The SMILES string of the molecule is C.Cc1cc(C(C)(C)C)c(O)c(C)c1COC(=O)CCSCCC(=O)OCc1c(C)cc(C(C)(C)C)c(O)c1C. The van der Waals surface area contributed by atoms with Crippen LogP contribution in [0.5, 0.6) is 11.5 Å². The van der Waals surface area contributed by atoms with E-state index < -0.39 is 0 Å². The van der Waals surface area contributed by atoms with Gasteiger partial charge in [-0.2, -0.15) is 11.8 Å². The first-order valence-electron chi connectivity index (χ1n) is 13.5. The third-order valence-corrected chi connectivity index (χ3v) is 8.06. The summed E-state index contributed by atoms with van der Waals surface area (Å²) in [6, 6.07) is 3.93. The molecule has 2 aromatic rings. The molecule has 0 unspecified atom stereocenters. The fourth-order valence-electron chi connectivity index (χ4n) is 4.48. The van der Waals surface area contributed by atoms with Crippen LogP contribution in [0.2, 0.25) is 0 Å². The van der Waals surface area contributed by atoms with Gasteiger partial charge in [-0.25, -0.2) is 0 Å². The summed E-state index contributed by atoms with van der Waals surface area (Å²) < 4.78 is 10.9. The van der Waals surface area contributed by atoms with Crippen LogP contribution in [0, 0.1) is 27.7 Å². The molecule has 7 heteroatoms. The van der Waals surface area contributed by atoms with Gasteiger partial charge in [0.25, 0.3) is 0 Å². The minimum atomic E-state index is -0.312. The van der Waals surface area contributed by atoms with Crippen molar-refractivity contribution in [3.63, 3.8) is 0 Å². The third kappa shape index (κ3) is 9.18. The van der Waals surface area contributed by atoms with Gasteiger partial charge in [0, 0.05) is 11.5 Å². The van der Waals surface area contributed by atoms with Crippen molar-refractivity contribution in [2.24, 2.45) is 0 Å². The second-order valence-corrected chi connectivity index (χ2v) is 13.5. The minimum Gasteiger partial charge on any atom is -0.507 e. The molecule has 40 heavy (non-hydrogen) atoms. The number of aromatic hydroxyl groups is 2. The van der Waals surface area contributed by atoms with E-state index in [-0.39, 0.29) is 67.7 Å². The number of aryl methyl sites for hydroxylation is 2. The average Bonchev–Trinajstić information content (AvgIpc) is 2.81. The zero-order valence-corrected chi connectivity index (χ0v) is 26.1. The Morgan fingerprint density at radius 3 is 1.32 bits per heavy atom. The third-order valence-electron chi connectivity index (χ3n) is 7.07. The minimum absolute atomic E-state index is 0. The van der Waals surface area contributed by atoms with Crippen molar-refractivity contribution >= 4 is 23.7 Å². The van der Waals surface area contributed by atoms with Gasteiger partial charge in [0.1, 0.15) is 24.7 Å². The number of phenolic OH excluding ortho intramolecular Hbond substituents is 2. The van der Waals surface area contributed by atoms with Crippen molar-refractivity contribution in [3.8, 4) is 11.5 Å². The fourth-order valence-corrected chi connectivity index (χ4v) is 5.30. The number of hydrogen-bond donors (Lipinski definition) is 2. The van der Waals surface area contributed by atoms with Crippen LogP contribution in [-0.2, 0) is 43.1 Å². The number of carbonyl (C=O) groups is 2. The van der Waals surface area contributed by atoms with Crippen LogP contribution in [0.4, 0.5) is 0 Å². The fraction of sp³-hybridized carbons (Fsp3) is 0.576. The van der Waals surface area contributed by atoms with E-state index in [0.29, 0.717) is 11.5 Å². The van der Waals surface area contributed by atoms with Gasteiger partial charge < -0.3 is 19.7 Å². The summed E-state index contributed by atoms with van der Waals surface area (Å²) in [5, 5.41) is 21.3. The van der Waals surface area contributed by atoms with Gasteiger partial charge in [-0.05, 0) is 83.0 Å². The van der Waals surface area contributed by atoms with E-state index in [9.17, 15) is 19.8 Å². The maximum absolute atomic E-state index is 12.3. The quantitative estimate of drug-likeness (QED) is 0.220. The molecule has 2 aromatic carbocycles. The molecule has 0 aliphatic heterocycles. The summed E-state index contributed by atoms with van der Waals surface area (Å²) in [6.07, 6.45) is 0.476. The standard InChI is InChI=1S/C32H46O6S.CH4/c1-19-15-25(31(5,6)7)29(35)21(3)23(19)17-37-27(33)11-13-39-14-12-28(34)38-18-24-20(2)16-26(32(8,9)10)30(36)22(24)4;/h15-16,35-36H,11-14,17-18H2,1-10H3;1H4. The van der Waals surface area contributed by atoms with Gasteiger partial charge in [0.2, 0.25) is 0 Å². The molecule has 0 aliphatic carbocycles. The van der Waals surface area contributed by atoms with Crippen LogP contribution in [0.15, 0.2) is 12.1 Å². The van der Waals surface area contributed by atoms with Crippen molar-refractivity contribution < 1.29 is 29.3 Å². The molecule has 224 valence electrons. The Bertz CT molecular complexity index is 1110. The molecule has 6 nitrogen and oxygen atoms in total. The highest BCUT2D eigenvalue weighted by Crippen LogP contribution is 2.37. The lowest BCUT2D eigenvalue weighted by atomic mass is 9.83. The van der Waals surface area contributed by atoms with E-state index in [1.807, 2.05) is 39.8 Å². The first-order valence-corrected chi connectivity index (χ1v) is 14.6. The van der Waals surface area contributed by atoms with Crippen molar-refractivity contribution in [3.05, 3.63) is 56.6 Å². The molecule has 0 saturated heterocycles. The normalized spacial score (nSPS) is 11.7. The topological polar surface area (TPSA) is 93.1 Å². The number of thioether (sulfide) groups is 1. The Labute approximate surface area is 245 Å². The lowest BCUT2D eigenvalue weighted by Gasteiger charge is -2.24. The summed E-state index contributed by atoms with van der Waals surface area (Å²) >= 11 is 1.50. The largest absolute Gasteiger partial charge is 0.507 e. The molecular weight excluding hydrogens is 524 g/mol. The van der Waals surface area contributed by atoms with E-state index in [4.69, 9.17) is 9.47 Å². The van der Waals surface area contributed by atoms with Crippen LogP contribution in [0.25, 0.3) is 0 Å². The van der Waals surface area contributed by atoms with Crippen molar-refractivity contribution in [1.82, 2.24) is 0 Å². The molecule has 0 radical (unpaired) electrons. The molecule has 0 bridgehead atoms. The van der Waals surface area contributed by atoms with E-state index in [1.54, 1.807) is 0 Å². The Hall–Kier alpha value is -2.67. The van der Waals surface area contributed by atoms with E-state index in [1.165, 1.54) is 11.8 Å². The summed E-state index contributed by atoms with van der Waals surface area (Å²) in [5.74, 6) is 0.966. The van der Waals surface area contributed by atoms with Crippen LogP contribution in [0.3, 0.4) is 0 Å². The lowest BCUT2D eigenvalue weighted by molar-refractivity contribution is -0.145. The van der Waals surface area contributed by atoms with Gasteiger partial charge in [-0.15, -0.1) is 0 Å². The highest BCUT2D eigenvalue weighted by Gasteiger charge is 2.24. The monoisotopic (exact) mass is 574 g/mol. The molecule has 0 saturated carbocycles. The van der Waals surface area contributed by atoms with Gasteiger partial charge in [0.15, 0.2) is 0 Å². The van der Waals surface area contributed by atoms with Crippen LogP contribution in [-0.4, -0.2) is 33.7 Å². The van der Waals surface area contributed by atoms with E-state index in [2.05, 4.69) is 41.5 Å². The molecular formula is C33H50O6S. The smallest absolute Gasteiger partial charge is 0.306 e. The van der Waals surface area contributed by atoms with Crippen LogP contribution >= 0.6 is 11.8 Å². The second kappa shape index (κ2) is 14.3. The number of benzene rings is 2. The second-order valence-electron chi connectivity index (χ2n) is 12.3. The van der Waals surface area contributed by atoms with E-state index >= 15 is 0 Å². The Morgan fingerprint density at radius 1 is 0.700 bits per heavy atom. The molecule has 0 spiro atoms. The number of esters is 2. The van der Waals surface area contributed by atoms with Gasteiger partial charge in [-0.3, -0.25) is 9.59 Å². The highest BCUT2D eigenvalue weighted by molar-refractivity contribution is 7.99. The summed E-state index contributed by atoms with van der Waals surface area (Å²) in [5.41, 5.74) is 6.51. The Morgan fingerprint density at radius 2 is 1.02 bits per heavy atom. The first-order chi connectivity index (χ1) is 17.9. The van der Waals surface area contributed by atoms with Crippen LogP contribution < -0.4 is 0 Å². The van der Waals surface area contributed by atoms with Crippen molar-refractivity contribution in [2.45, 2.75) is 114 Å². The number of ether oxygens (including phenoxy) is 2. The van der Waals surface area contributed by atoms with Gasteiger partial charge in [0.05, 0.1) is 12.8 Å². The highest BCUT2D eigenvalue weighted by atomic mass is 32.2. The maximum Gasteiger partial charge on any atom is 0.306 e. The molecule has 0 aliphatic rings. The lowest BCUT2D eigenvalue weighted by Crippen LogP contribution is -2.14. The predicted octanol–water partition coefficient (Wildman–Crippen LogP) is 7.86. The number of carbonyl (C=O) groups excluding carboxylic acids is 2. The maximum atomic E-state index is 12.3. The van der Waals surface area contributed by atoms with Crippen LogP contribution in [0.1, 0.15) is 106 Å². The first kappa shape index (κ1) is 35.4. The predicted molar refractivity (Wildman–Crippen MR) is 165 cm³/mol. The number of phenols is 2. The average molecular weight is 575 g/mol. The molecule has 0 heterocycles. The molecule has 0 atom stereocenters. The molecule has 2 rings (SSSR count). The van der Waals surface area contributed by atoms with Crippen molar-refractivity contribution in [1.29, 1.82) is 0 Å². The zero-order valence-electron chi connectivity index (χ0n) is 25.3. The zero-order chi connectivity index (χ0) is 29.7. The summed E-state index contributed by atoms with van der Waals surface area (Å²) in [6.45, 7) is 20.2. The Balaban J connectivity index is 0.00000800. The van der Waals surface area contributed by atoms with Gasteiger partial charge in [-0.1, -0.05) is 61.1 Å². The Kier molecular flexibility index (Phi) is 12.6. The molecule has 0 fully saturated rings. The summed E-state index contributed by atoms with van der Waals surface area (Å²) in [4.78, 5) is 24.5. The van der Waals surface area contributed by atoms with Crippen molar-refractivity contribution in [2.75, 3.05) is 11.5 Å². The molecule has 0 aromatic heterocycles. The number of hydrogen-bond acceptors (Lipinski definition) is 7. The molecule has 0 amide bonds. The van der Waals surface area contributed by atoms with Gasteiger partial charge >= 0.3 is 11.9 Å². The van der Waals surface area contributed by atoms with E-state index in [0.717, 1.165) is 44.5 Å². The summed E-state index contributed by atoms with van der Waals surface area (Å²) in [7, 11) is 0.